The van der Waals surface area contributed by atoms with Crippen molar-refractivity contribution in [3.63, 3.8) is 0 Å². The number of fused-ring (bicyclic) bond motifs is 1. The maximum atomic E-state index is 12.5. The van der Waals surface area contributed by atoms with Crippen molar-refractivity contribution in [1.82, 2.24) is 0 Å². The number of aromatic carboxylic acids is 2. The Morgan fingerprint density at radius 2 is 0.632 bits per heavy atom. The summed E-state index contributed by atoms with van der Waals surface area (Å²) in [5.41, 5.74) is 2.96. The molecule has 0 fully saturated rings. The van der Waals surface area contributed by atoms with Crippen LogP contribution in [-0.4, -0.2) is 50.3 Å². The van der Waals surface area contributed by atoms with Gasteiger partial charge < -0.3 is 34.6 Å². The first kappa shape index (κ1) is 38.5. The number of esters is 3. The first-order valence-electron chi connectivity index (χ1n) is 17.0. The Kier molecular flexibility index (Phi) is 11.7. The molecule has 0 heterocycles. The van der Waals surface area contributed by atoms with E-state index in [0.29, 0.717) is 22.1 Å². The molecule has 0 amide bonds. The van der Waals surface area contributed by atoms with E-state index in [9.17, 15) is 34.2 Å². The topological polar surface area (TPSA) is 194 Å². The van der Waals surface area contributed by atoms with Crippen LogP contribution in [0.25, 0.3) is 21.9 Å². The molecular formula is C45H30O12. The SMILES string of the molecule is O=C(O)c1ccc(C(=O)Oc2ccc(OC(=O)c3ccc4cc(C(=O)O)ccc4c3)cc2)cc1.O=C(Oc1ccc(-c2ccc(O)cc2)cc1)c1ccc(O)cc1. The van der Waals surface area contributed by atoms with Crippen LogP contribution in [0, 0.1) is 0 Å². The lowest BCUT2D eigenvalue weighted by Gasteiger charge is -2.08. The van der Waals surface area contributed by atoms with E-state index in [0.717, 1.165) is 11.1 Å². The number of hydrogen-bond donors (Lipinski definition) is 4. The Bertz CT molecular complexity index is 2580. The van der Waals surface area contributed by atoms with E-state index in [-0.39, 0.29) is 45.3 Å². The Labute approximate surface area is 324 Å². The molecule has 0 saturated heterocycles. The molecule has 12 heteroatoms. The lowest BCUT2D eigenvalue weighted by Crippen LogP contribution is -2.10. The Morgan fingerprint density at radius 3 is 1.07 bits per heavy atom. The van der Waals surface area contributed by atoms with E-state index >= 15 is 0 Å². The van der Waals surface area contributed by atoms with Gasteiger partial charge in [0.25, 0.3) is 0 Å². The van der Waals surface area contributed by atoms with Crippen LogP contribution in [-0.2, 0) is 0 Å². The van der Waals surface area contributed by atoms with E-state index in [4.69, 9.17) is 24.4 Å². The molecule has 0 bridgehead atoms. The Hall–Kier alpha value is -8.25. The van der Waals surface area contributed by atoms with Crippen molar-refractivity contribution in [2.45, 2.75) is 0 Å². The minimum absolute atomic E-state index is 0.0548. The second-order valence-corrected chi connectivity index (χ2v) is 12.2. The van der Waals surface area contributed by atoms with Crippen LogP contribution in [0.1, 0.15) is 51.8 Å². The largest absolute Gasteiger partial charge is 0.508 e. The molecule has 0 aliphatic rings. The van der Waals surface area contributed by atoms with Crippen molar-refractivity contribution in [2.75, 3.05) is 0 Å². The average Bonchev–Trinajstić information content (AvgIpc) is 3.22. The van der Waals surface area contributed by atoms with Gasteiger partial charge >= 0.3 is 29.8 Å². The second kappa shape index (κ2) is 17.3. The number of carbonyl (C=O) groups is 5. The van der Waals surface area contributed by atoms with Crippen LogP contribution in [0.5, 0.6) is 28.7 Å². The van der Waals surface area contributed by atoms with Gasteiger partial charge in [0.1, 0.15) is 28.7 Å². The number of phenols is 2. The van der Waals surface area contributed by atoms with Gasteiger partial charge in [0.15, 0.2) is 0 Å². The number of rotatable bonds is 9. The molecule has 57 heavy (non-hydrogen) atoms. The highest BCUT2D eigenvalue weighted by Crippen LogP contribution is 2.26. The highest BCUT2D eigenvalue weighted by Gasteiger charge is 2.14. The fraction of sp³-hybridized carbons (Fsp3) is 0. The lowest BCUT2D eigenvalue weighted by atomic mass is 10.0. The minimum atomic E-state index is -1.10. The highest BCUT2D eigenvalue weighted by atomic mass is 16.5. The molecule has 4 N–H and O–H groups in total. The van der Waals surface area contributed by atoms with Crippen molar-refractivity contribution in [1.29, 1.82) is 0 Å². The molecule has 7 aromatic rings. The van der Waals surface area contributed by atoms with Crippen molar-refractivity contribution in [2.24, 2.45) is 0 Å². The number of phenolic OH excluding ortho intramolecular Hbond substituents is 2. The molecule has 0 radical (unpaired) electrons. The zero-order valence-electron chi connectivity index (χ0n) is 29.6. The maximum absolute atomic E-state index is 12.5. The summed E-state index contributed by atoms with van der Waals surface area (Å²) < 4.78 is 15.9. The highest BCUT2D eigenvalue weighted by molar-refractivity contribution is 5.99. The van der Waals surface area contributed by atoms with Gasteiger partial charge in [-0.2, -0.15) is 0 Å². The predicted octanol–water partition coefficient (Wildman–Crippen LogP) is 8.66. The molecule has 0 aliphatic carbocycles. The molecule has 0 atom stereocenters. The number of aromatic hydroxyl groups is 2. The van der Waals surface area contributed by atoms with Crippen LogP contribution < -0.4 is 14.2 Å². The predicted molar refractivity (Wildman–Crippen MR) is 207 cm³/mol. The lowest BCUT2D eigenvalue weighted by molar-refractivity contribution is 0.0686. The zero-order valence-corrected chi connectivity index (χ0v) is 29.6. The third kappa shape index (κ3) is 10.0. The third-order valence-corrected chi connectivity index (χ3v) is 8.30. The zero-order chi connectivity index (χ0) is 40.5. The van der Waals surface area contributed by atoms with E-state index in [1.165, 1.54) is 84.9 Å². The van der Waals surface area contributed by atoms with Crippen LogP contribution in [0.3, 0.4) is 0 Å². The molecule has 7 aromatic carbocycles. The van der Waals surface area contributed by atoms with Gasteiger partial charge in [-0.05, 0) is 143 Å². The first-order chi connectivity index (χ1) is 27.4. The van der Waals surface area contributed by atoms with Crippen molar-refractivity contribution >= 4 is 40.6 Å². The van der Waals surface area contributed by atoms with Gasteiger partial charge in [0, 0.05) is 0 Å². The van der Waals surface area contributed by atoms with Crippen LogP contribution >= 0.6 is 0 Å². The summed E-state index contributed by atoms with van der Waals surface area (Å²) in [4.78, 5) is 58.7. The van der Waals surface area contributed by atoms with Gasteiger partial charge in [0.2, 0.25) is 0 Å². The second-order valence-electron chi connectivity index (χ2n) is 12.2. The Morgan fingerprint density at radius 1 is 0.333 bits per heavy atom. The molecule has 0 aromatic heterocycles. The fourth-order valence-corrected chi connectivity index (χ4v) is 5.30. The van der Waals surface area contributed by atoms with Gasteiger partial charge in [-0.15, -0.1) is 0 Å². The van der Waals surface area contributed by atoms with Crippen LogP contribution in [0.2, 0.25) is 0 Å². The number of ether oxygens (including phenoxy) is 3. The van der Waals surface area contributed by atoms with E-state index in [2.05, 4.69) is 0 Å². The smallest absolute Gasteiger partial charge is 0.343 e. The van der Waals surface area contributed by atoms with Crippen LogP contribution in [0.15, 0.2) is 158 Å². The van der Waals surface area contributed by atoms with Gasteiger partial charge in [-0.25, -0.2) is 24.0 Å². The first-order valence-corrected chi connectivity index (χ1v) is 17.0. The molecule has 0 spiro atoms. The van der Waals surface area contributed by atoms with E-state index in [1.54, 1.807) is 48.5 Å². The molecule has 282 valence electrons. The number of hydrogen-bond acceptors (Lipinski definition) is 10. The monoisotopic (exact) mass is 762 g/mol. The normalized spacial score (nSPS) is 10.4. The fourth-order valence-electron chi connectivity index (χ4n) is 5.30. The van der Waals surface area contributed by atoms with Gasteiger partial charge in [-0.1, -0.05) is 36.4 Å². The molecule has 0 saturated carbocycles. The molecular weight excluding hydrogens is 732 g/mol. The summed E-state index contributed by atoms with van der Waals surface area (Å²) in [5, 5.41) is 37.9. The van der Waals surface area contributed by atoms with E-state index < -0.39 is 29.8 Å². The molecule has 12 nitrogen and oxygen atoms in total. The minimum Gasteiger partial charge on any atom is -0.508 e. The summed E-state index contributed by atoms with van der Waals surface area (Å²) >= 11 is 0. The summed E-state index contributed by atoms with van der Waals surface area (Å²) in [6.07, 6.45) is 0. The quantitative estimate of drug-likeness (QED) is 0.0809. The maximum Gasteiger partial charge on any atom is 0.343 e. The average molecular weight is 763 g/mol. The Balaban J connectivity index is 0.000000208. The van der Waals surface area contributed by atoms with Crippen molar-refractivity contribution in [3.05, 3.63) is 186 Å². The molecule has 0 unspecified atom stereocenters. The third-order valence-electron chi connectivity index (χ3n) is 8.30. The summed E-state index contributed by atoms with van der Waals surface area (Å²) in [6.45, 7) is 0. The van der Waals surface area contributed by atoms with Gasteiger partial charge in [-0.3, -0.25) is 0 Å². The number of carboxylic acids is 2. The number of benzene rings is 7. The standard InChI is InChI=1S/C26H16O8.C19H14O4/c27-23(28)15-1-3-16(4-2-15)25(31)33-21-9-11-22(12-10-21)34-26(32)20-8-6-17-13-19(24(29)30)7-5-18(17)14-20;20-16-7-1-13(2-8-16)14-5-11-18(12-6-14)23-19(22)15-3-9-17(21)10-4-15/h1-14H,(H,27,28)(H,29,30);1-12,20-21H. The van der Waals surface area contributed by atoms with Gasteiger partial charge in [0.05, 0.1) is 27.8 Å². The summed E-state index contributed by atoms with van der Waals surface area (Å²) in [5.74, 6) is -2.68. The van der Waals surface area contributed by atoms with Crippen molar-refractivity contribution < 1.29 is 58.6 Å². The van der Waals surface area contributed by atoms with Crippen molar-refractivity contribution in [3.8, 4) is 39.9 Å². The van der Waals surface area contributed by atoms with E-state index in [1.807, 2.05) is 24.3 Å². The summed E-state index contributed by atoms with van der Waals surface area (Å²) in [7, 11) is 0. The molecule has 0 aliphatic heterocycles. The number of carbonyl (C=O) groups excluding carboxylic acids is 3. The molecule has 7 rings (SSSR count). The summed E-state index contributed by atoms with van der Waals surface area (Å²) in [6, 6.07) is 40.4. The van der Waals surface area contributed by atoms with Crippen LogP contribution in [0.4, 0.5) is 0 Å². The number of carboxylic acid groups (broad SMARTS) is 2.